The Balaban J connectivity index is 4.55. The second kappa shape index (κ2) is 5.53. The third kappa shape index (κ3) is 4.84. The Bertz CT molecular complexity index is 273. The van der Waals surface area contributed by atoms with Crippen LogP contribution in [0.3, 0.4) is 0 Å². The number of carbonyl (C=O) groups excluding carboxylic acids is 2. The molecule has 0 aromatic rings. The average Bonchev–Trinajstić information content (AvgIpc) is 2.13. The van der Waals surface area contributed by atoms with E-state index in [9.17, 15) is 9.59 Å². The van der Waals surface area contributed by atoms with Crippen molar-refractivity contribution in [2.45, 2.75) is 52.2 Å². The number of hydrogen-bond donors (Lipinski definition) is 1. The minimum atomic E-state index is -0.954. The molecule has 0 saturated carbocycles. The number of halogens is 1. The van der Waals surface area contributed by atoms with Crippen LogP contribution in [0, 0.1) is 0 Å². The number of carbonyl (C=O) groups is 2. The molecule has 0 rings (SSSR count). The zero-order chi connectivity index (χ0) is 13.0. The molecule has 0 saturated heterocycles. The van der Waals surface area contributed by atoms with Crippen LogP contribution in [-0.2, 0) is 9.53 Å². The highest BCUT2D eigenvalue weighted by Crippen LogP contribution is 2.14. The van der Waals surface area contributed by atoms with Gasteiger partial charge in [-0.15, -0.1) is 11.6 Å². The summed E-state index contributed by atoms with van der Waals surface area (Å²) < 4.78 is 5.08. The van der Waals surface area contributed by atoms with Crippen molar-refractivity contribution in [2.24, 2.45) is 0 Å². The summed E-state index contributed by atoms with van der Waals surface area (Å²) in [6, 6.07) is 0. The van der Waals surface area contributed by atoms with E-state index in [1.165, 1.54) is 0 Å². The Morgan fingerprint density at radius 3 is 2.06 bits per heavy atom. The van der Waals surface area contributed by atoms with Gasteiger partial charge in [0.15, 0.2) is 5.78 Å². The maximum atomic E-state index is 11.6. The standard InChI is InChI=1S/C11H20ClNO3/c1-6-11(5,8(14)7-12)13-9(15)16-10(2,3)4/h6-7H2,1-5H3,(H,13,15). The number of alkyl halides is 1. The number of nitrogens with one attached hydrogen (secondary N) is 1. The summed E-state index contributed by atoms with van der Waals surface area (Å²) >= 11 is 5.49. The molecule has 5 heteroatoms. The maximum absolute atomic E-state index is 11.6. The fourth-order valence-electron chi connectivity index (χ4n) is 1.03. The molecule has 0 aliphatic carbocycles. The Morgan fingerprint density at radius 2 is 1.75 bits per heavy atom. The summed E-state index contributed by atoms with van der Waals surface area (Å²) in [5, 5.41) is 2.56. The highest BCUT2D eigenvalue weighted by molar-refractivity contribution is 6.29. The lowest BCUT2D eigenvalue weighted by molar-refractivity contribution is -0.122. The summed E-state index contributed by atoms with van der Waals surface area (Å²) in [6.07, 6.45) is -0.132. The fraction of sp³-hybridized carbons (Fsp3) is 0.818. The average molecular weight is 250 g/mol. The van der Waals surface area contributed by atoms with Crippen molar-refractivity contribution >= 4 is 23.5 Å². The maximum Gasteiger partial charge on any atom is 0.408 e. The van der Waals surface area contributed by atoms with E-state index in [0.29, 0.717) is 6.42 Å². The summed E-state index contributed by atoms with van der Waals surface area (Å²) in [5.41, 5.74) is -1.53. The van der Waals surface area contributed by atoms with E-state index in [4.69, 9.17) is 16.3 Å². The van der Waals surface area contributed by atoms with Crippen LogP contribution in [0.5, 0.6) is 0 Å². The van der Waals surface area contributed by atoms with E-state index in [1.807, 2.05) is 6.92 Å². The molecule has 1 atom stereocenters. The number of Topliss-reactive ketones (excluding diaryl/α,β-unsaturated/α-hetero) is 1. The van der Waals surface area contributed by atoms with Crippen molar-refractivity contribution in [3.05, 3.63) is 0 Å². The summed E-state index contributed by atoms with van der Waals surface area (Å²) in [4.78, 5) is 23.1. The topological polar surface area (TPSA) is 55.4 Å². The van der Waals surface area contributed by atoms with Crippen LogP contribution >= 0.6 is 11.6 Å². The molecule has 0 aliphatic rings. The van der Waals surface area contributed by atoms with Gasteiger partial charge in [0, 0.05) is 0 Å². The molecule has 0 aromatic carbocycles. The molecule has 0 spiro atoms. The van der Waals surface area contributed by atoms with Crippen molar-refractivity contribution in [1.29, 1.82) is 0 Å². The zero-order valence-electron chi connectivity index (χ0n) is 10.5. The minimum Gasteiger partial charge on any atom is -0.444 e. The van der Waals surface area contributed by atoms with E-state index in [2.05, 4.69) is 5.32 Å². The van der Waals surface area contributed by atoms with Crippen molar-refractivity contribution in [1.82, 2.24) is 5.32 Å². The highest BCUT2D eigenvalue weighted by Gasteiger charge is 2.33. The van der Waals surface area contributed by atoms with Crippen molar-refractivity contribution in [3.63, 3.8) is 0 Å². The van der Waals surface area contributed by atoms with Gasteiger partial charge in [0.05, 0.1) is 11.4 Å². The van der Waals surface area contributed by atoms with Crippen LogP contribution in [0.4, 0.5) is 4.79 Å². The first-order valence-electron chi connectivity index (χ1n) is 5.25. The van der Waals surface area contributed by atoms with Gasteiger partial charge in [0.1, 0.15) is 5.60 Å². The fourth-order valence-corrected chi connectivity index (χ4v) is 1.33. The summed E-state index contributed by atoms with van der Waals surface area (Å²) in [7, 11) is 0. The molecule has 0 fully saturated rings. The van der Waals surface area contributed by atoms with Crippen molar-refractivity contribution < 1.29 is 14.3 Å². The SMILES string of the molecule is CCC(C)(NC(=O)OC(C)(C)C)C(=O)CCl. The highest BCUT2D eigenvalue weighted by atomic mass is 35.5. The summed E-state index contributed by atoms with van der Waals surface area (Å²) in [6.45, 7) is 8.74. The van der Waals surface area contributed by atoms with Gasteiger partial charge in [0.25, 0.3) is 0 Å². The Hall–Kier alpha value is -0.770. The van der Waals surface area contributed by atoms with Crippen LogP contribution in [-0.4, -0.2) is 28.9 Å². The lowest BCUT2D eigenvalue weighted by Gasteiger charge is -2.29. The number of hydrogen-bond acceptors (Lipinski definition) is 3. The minimum absolute atomic E-state index is 0.125. The molecule has 16 heavy (non-hydrogen) atoms. The smallest absolute Gasteiger partial charge is 0.408 e. The van der Waals surface area contributed by atoms with Crippen molar-refractivity contribution in [2.75, 3.05) is 5.88 Å². The third-order valence-corrected chi connectivity index (χ3v) is 2.46. The van der Waals surface area contributed by atoms with Gasteiger partial charge in [-0.2, -0.15) is 0 Å². The number of rotatable bonds is 4. The van der Waals surface area contributed by atoms with Crippen LogP contribution in [0.15, 0.2) is 0 Å². The normalized spacial score (nSPS) is 15.1. The molecule has 94 valence electrons. The van der Waals surface area contributed by atoms with E-state index in [-0.39, 0.29) is 11.7 Å². The molecule has 1 unspecified atom stereocenters. The van der Waals surface area contributed by atoms with Gasteiger partial charge >= 0.3 is 6.09 Å². The van der Waals surface area contributed by atoms with Crippen LogP contribution in [0.2, 0.25) is 0 Å². The Labute approximate surface area is 102 Å². The lowest BCUT2D eigenvalue weighted by atomic mass is 9.94. The summed E-state index contributed by atoms with van der Waals surface area (Å²) in [5.74, 6) is -0.345. The molecule has 4 nitrogen and oxygen atoms in total. The van der Waals surface area contributed by atoms with E-state index < -0.39 is 17.2 Å². The quantitative estimate of drug-likeness (QED) is 0.779. The van der Waals surface area contributed by atoms with Gasteiger partial charge in [-0.1, -0.05) is 6.92 Å². The number of alkyl carbamates (subject to hydrolysis) is 1. The molecule has 0 bridgehead atoms. The number of amides is 1. The molecule has 1 amide bonds. The molecular weight excluding hydrogens is 230 g/mol. The first kappa shape index (κ1) is 15.2. The van der Waals surface area contributed by atoms with E-state index in [1.54, 1.807) is 27.7 Å². The Kier molecular flexibility index (Phi) is 5.26. The van der Waals surface area contributed by atoms with E-state index in [0.717, 1.165) is 0 Å². The molecule has 0 radical (unpaired) electrons. The second-order valence-electron chi connectivity index (χ2n) is 4.87. The van der Waals surface area contributed by atoms with Gasteiger partial charge in [-0.25, -0.2) is 4.79 Å². The van der Waals surface area contributed by atoms with Gasteiger partial charge < -0.3 is 10.1 Å². The van der Waals surface area contributed by atoms with Crippen LogP contribution < -0.4 is 5.32 Å². The van der Waals surface area contributed by atoms with Crippen LogP contribution in [0.25, 0.3) is 0 Å². The first-order chi connectivity index (χ1) is 7.14. The molecule has 0 aromatic heterocycles. The predicted molar refractivity (Wildman–Crippen MR) is 63.8 cm³/mol. The number of ketones is 1. The molecule has 1 N–H and O–H groups in total. The predicted octanol–water partition coefficient (Wildman–Crippen LogP) is 2.49. The second-order valence-corrected chi connectivity index (χ2v) is 5.14. The van der Waals surface area contributed by atoms with Gasteiger partial charge in [-0.3, -0.25) is 4.79 Å². The Morgan fingerprint density at radius 1 is 1.25 bits per heavy atom. The van der Waals surface area contributed by atoms with Crippen LogP contribution in [0.1, 0.15) is 41.0 Å². The largest absolute Gasteiger partial charge is 0.444 e. The van der Waals surface area contributed by atoms with Gasteiger partial charge in [-0.05, 0) is 34.1 Å². The molecule has 0 aliphatic heterocycles. The first-order valence-corrected chi connectivity index (χ1v) is 5.78. The lowest BCUT2D eigenvalue weighted by Crippen LogP contribution is -2.53. The monoisotopic (exact) mass is 249 g/mol. The van der Waals surface area contributed by atoms with Crippen molar-refractivity contribution in [3.8, 4) is 0 Å². The number of ether oxygens (including phenoxy) is 1. The zero-order valence-corrected chi connectivity index (χ0v) is 11.3. The van der Waals surface area contributed by atoms with Gasteiger partial charge in [0.2, 0.25) is 0 Å². The molecule has 0 heterocycles. The van der Waals surface area contributed by atoms with E-state index >= 15 is 0 Å². The third-order valence-electron chi connectivity index (χ3n) is 2.22. The molecular formula is C11H20ClNO3.